The highest BCUT2D eigenvalue weighted by molar-refractivity contribution is 5.92. The van der Waals surface area contributed by atoms with Crippen molar-refractivity contribution in [3.63, 3.8) is 0 Å². The summed E-state index contributed by atoms with van der Waals surface area (Å²) < 4.78 is 31.1. The zero-order valence-electron chi connectivity index (χ0n) is 23.6. The van der Waals surface area contributed by atoms with E-state index in [0.717, 1.165) is 28.5 Å². The lowest BCUT2D eigenvalue weighted by Gasteiger charge is -2.09. The molecule has 0 atom stereocenters. The van der Waals surface area contributed by atoms with Crippen LogP contribution in [0.3, 0.4) is 0 Å². The molecule has 0 N–H and O–H groups in total. The number of esters is 4. The number of benzene rings is 4. The number of carbonyl (C=O) groups is 4. The van der Waals surface area contributed by atoms with Gasteiger partial charge in [-0.2, -0.15) is 0 Å². The first-order chi connectivity index (χ1) is 21.3. The van der Waals surface area contributed by atoms with E-state index in [9.17, 15) is 19.2 Å². The number of ether oxygens (including phenoxy) is 6. The van der Waals surface area contributed by atoms with Crippen LogP contribution in [0.2, 0.25) is 0 Å². The molecule has 0 bridgehead atoms. The molecule has 0 amide bonds. The first kappa shape index (κ1) is 31.0. The van der Waals surface area contributed by atoms with E-state index in [4.69, 9.17) is 28.4 Å². The monoisotopic (exact) mass is 596 g/mol. The van der Waals surface area contributed by atoms with Crippen LogP contribution in [0.25, 0.3) is 10.8 Å². The second-order valence-corrected chi connectivity index (χ2v) is 9.06. The highest BCUT2D eigenvalue weighted by Gasteiger charge is 2.11. The van der Waals surface area contributed by atoms with Crippen LogP contribution >= 0.6 is 0 Å². The van der Waals surface area contributed by atoms with Gasteiger partial charge >= 0.3 is 23.9 Å². The number of hydrogen-bond donors (Lipinski definition) is 0. The molecule has 4 rings (SSSR count). The minimum absolute atomic E-state index is 0.167. The zero-order valence-corrected chi connectivity index (χ0v) is 23.6. The molecule has 4 aromatic rings. The molecule has 0 aliphatic heterocycles. The second kappa shape index (κ2) is 15.4. The maximum absolute atomic E-state index is 12.6. The third kappa shape index (κ3) is 9.31. The molecule has 10 heteroatoms. The highest BCUT2D eigenvalue weighted by atomic mass is 16.7. The Morgan fingerprint density at radius 2 is 1.07 bits per heavy atom. The van der Waals surface area contributed by atoms with Gasteiger partial charge in [-0.05, 0) is 83.4 Å². The standard InChI is InChI=1S/C34H28O10/c1-3-31(35)41-21-39-27-12-5-23(6-13-27)7-18-33(37)43-29-16-10-26-20-30(17-11-25(26)19-29)44-34(38)24-8-14-28(15-9-24)40-22-42-32(36)4-2/h3-6,8-17,19-20H,1-2,7,18,21-22H2. The molecule has 0 aliphatic rings. The lowest BCUT2D eigenvalue weighted by Crippen LogP contribution is -2.10. The van der Waals surface area contributed by atoms with Gasteiger partial charge in [0.1, 0.15) is 23.0 Å². The van der Waals surface area contributed by atoms with Crippen LogP contribution in [0.15, 0.2) is 110 Å². The summed E-state index contributed by atoms with van der Waals surface area (Å²) in [7, 11) is 0. The van der Waals surface area contributed by atoms with Crippen molar-refractivity contribution in [3.8, 4) is 23.0 Å². The fourth-order valence-corrected chi connectivity index (χ4v) is 3.79. The topological polar surface area (TPSA) is 124 Å². The van der Waals surface area contributed by atoms with Crippen molar-refractivity contribution >= 4 is 34.6 Å². The van der Waals surface area contributed by atoms with Gasteiger partial charge in [0.15, 0.2) is 0 Å². The number of carbonyl (C=O) groups excluding carboxylic acids is 4. The van der Waals surface area contributed by atoms with E-state index in [1.807, 2.05) is 12.1 Å². The zero-order chi connectivity index (χ0) is 31.3. The molecule has 0 aliphatic carbocycles. The van der Waals surface area contributed by atoms with Crippen LogP contribution in [-0.4, -0.2) is 37.5 Å². The summed E-state index contributed by atoms with van der Waals surface area (Å²) in [5, 5.41) is 1.58. The smallest absolute Gasteiger partial charge is 0.343 e. The minimum atomic E-state index is -0.604. The number of aryl methyl sites for hydroxylation is 1. The Bertz CT molecular complexity index is 1660. The van der Waals surface area contributed by atoms with Crippen molar-refractivity contribution in [2.24, 2.45) is 0 Å². The summed E-state index contributed by atoms with van der Waals surface area (Å²) >= 11 is 0. The Labute approximate surface area is 253 Å². The number of hydrogen-bond acceptors (Lipinski definition) is 10. The quantitative estimate of drug-likeness (QED) is 0.0772. The Balaban J connectivity index is 1.25. The summed E-state index contributed by atoms with van der Waals surface area (Å²) in [6.07, 6.45) is 2.71. The predicted octanol–water partition coefficient (Wildman–Crippen LogP) is 5.73. The molecule has 4 aromatic carbocycles. The molecule has 0 radical (unpaired) electrons. The largest absolute Gasteiger partial charge is 0.457 e. The summed E-state index contributed by atoms with van der Waals surface area (Å²) in [6.45, 7) is 6.10. The molecule has 0 saturated carbocycles. The third-order valence-corrected chi connectivity index (χ3v) is 6.04. The predicted molar refractivity (Wildman–Crippen MR) is 159 cm³/mol. The molecular weight excluding hydrogens is 568 g/mol. The Kier molecular flexibility index (Phi) is 10.8. The fraction of sp³-hybridized carbons (Fsp3) is 0.118. The van der Waals surface area contributed by atoms with Crippen molar-refractivity contribution in [3.05, 3.63) is 121 Å². The maximum atomic E-state index is 12.6. The Hall–Kier alpha value is -5.90. The average Bonchev–Trinajstić information content (AvgIpc) is 3.04. The molecule has 44 heavy (non-hydrogen) atoms. The molecule has 0 fully saturated rings. The molecule has 224 valence electrons. The van der Waals surface area contributed by atoms with E-state index in [1.54, 1.807) is 60.7 Å². The summed E-state index contributed by atoms with van der Waals surface area (Å²) in [5.41, 5.74) is 1.22. The van der Waals surface area contributed by atoms with Crippen LogP contribution in [-0.2, 0) is 30.3 Å². The first-order valence-corrected chi connectivity index (χ1v) is 13.3. The first-order valence-electron chi connectivity index (χ1n) is 13.3. The van der Waals surface area contributed by atoms with Gasteiger partial charge in [-0.1, -0.05) is 37.4 Å². The third-order valence-electron chi connectivity index (χ3n) is 6.04. The summed E-state index contributed by atoms with van der Waals surface area (Å²) in [4.78, 5) is 47.2. The summed E-state index contributed by atoms with van der Waals surface area (Å²) in [6, 6.07) is 23.5. The van der Waals surface area contributed by atoms with Gasteiger partial charge in [-0.25, -0.2) is 14.4 Å². The van der Waals surface area contributed by atoms with Crippen molar-refractivity contribution < 1.29 is 47.6 Å². The van der Waals surface area contributed by atoms with Crippen LogP contribution in [0.1, 0.15) is 22.3 Å². The van der Waals surface area contributed by atoms with Gasteiger partial charge in [-0.15, -0.1) is 0 Å². The lowest BCUT2D eigenvalue weighted by atomic mass is 10.1. The molecule has 0 spiro atoms. The highest BCUT2D eigenvalue weighted by Crippen LogP contribution is 2.26. The van der Waals surface area contributed by atoms with Gasteiger partial charge in [0.2, 0.25) is 13.6 Å². The maximum Gasteiger partial charge on any atom is 0.343 e. The van der Waals surface area contributed by atoms with E-state index in [-0.39, 0.29) is 26.0 Å². The van der Waals surface area contributed by atoms with Crippen LogP contribution in [0.4, 0.5) is 0 Å². The van der Waals surface area contributed by atoms with Crippen molar-refractivity contribution in [1.82, 2.24) is 0 Å². The minimum Gasteiger partial charge on any atom is -0.457 e. The van der Waals surface area contributed by atoms with Gasteiger partial charge in [0.25, 0.3) is 0 Å². The van der Waals surface area contributed by atoms with E-state index < -0.39 is 17.9 Å². The SMILES string of the molecule is C=CC(=O)OCOc1ccc(CCC(=O)Oc2ccc3cc(OC(=O)c4ccc(OCOC(=O)C=C)cc4)ccc3c2)cc1. The van der Waals surface area contributed by atoms with Gasteiger partial charge < -0.3 is 28.4 Å². The fourth-order valence-electron chi connectivity index (χ4n) is 3.79. The molecule has 0 unspecified atom stereocenters. The van der Waals surface area contributed by atoms with E-state index in [2.05, 4.69) is 13.2 Å². The second-order valence-electron chi connectivity index (χ2n) is 9.06. The molecule has 0 saturated heterocycles. The Morgan fingerprint density at radius 1 is 0.591 bits per heavy atom. The Morgan fingerprint density at radius 3 is 1.59 bits per heavy atom. The number of rotatable bonds is 14. The van der Waals surface area contributed by atoms with Gasteiger partial charge in [0, 0.05) is 18.6 Å². The lowest BCUT2D eigenvalue weighted by molar-refractivity contribution is -0.145. The number of fused-ring (bicyclic) bond motifs is 1. The van der Waals surface area contributed by atoms with Gasteiger partial charge in [-0.3, -0.25) is 4.79 Å². The molecule has 0 heterocycles. The van der Waals surface area contributed by atoms with E-state index >= 15 is 0 Å². The summed E-state index contributed by atoms with van der Waals surface area (Å²) in [5.74, 6) is -0.453. The van der Waals surface area contributed by atoms with Crippen molar-refractivity contribution in [2.75, 3.05) is 13.6 Å². The van der Waals surface area contributed by atoms with Crippen LogP contribution in [0.5, 0.6) is 23.0 Å². The van der Waals surface area contributed by atoms with Crippen LogP contribution < -0.4 is 18.9 Å². The van der Waals surface area contributed by atoms with Crippen LogP contribution in [0, 0.1) is 0 Å². The van der Waals surface area contributed by atoms with Crippen molar-refractivity contribution in [1.29, 1.82) is 0 Å². The normalized spacial score (nSPS) is 10.3. The average molecular weight is 597 g/mol. The molecule has 10 nitrogen and oxygen atoms in total. The van der Waals surface area contributed by atoms with Gasteiger partial charge in [0.05, 0.1) is 5.56 Å². The molecule has 0 aromatic heterocycles. The molecular formula is C34H28O10. The van der Waals surface area contributed by atoms with E-state index in [1.165, 1.54) is 12.1 Å². The van der Waals surface area contributed by atoms with Crippen molar-refractivity contribution in [2.45, 2.75) is 12.8 Å². The van der Waals surface area contributed by atoms with E-state index in [0.29, 0.717) is 35.0 Å².